The molecule has 0 bridgehead atoms. The van der Waals surface area contributed by atoms with Crippen molar-refractivity contribution in [2.75, 3.05) is 20.8 Å². The van der Waals surface area contributed by atoms with Crippen molar-refractivity contribution in [3.63, 3.8) is 0 Å². The molecular formula is C28H34N2O2. The molecule has 2 aromatic carbocycles. The SMILES string of the molecule is COc1cccc(Cc2ccc([C@H]3CCCN3Cc3c(C)cc(OC)c(C)c3C)nc2)c1. The molecule has 0 unspecified atom stereocenters. The monoisotopic (exact) mass is 430 g/mol. The Balaban J connectivity index is 1.50. The van der Waals surface area contributed by atoms with E-state index >= 15 is 0 Å². The largest absolute Gasteiger partial charge is 0.497 e. The molecule has 1 atom stereocenters. The fraction of sp³-hybridized carbons (Fsp3) is 0.393. The van der Waals surface area contributed by atoms with E-state index in [-0.39, 0.29) is 0 Å². The van der Waals surface area contributed by atoms with Crippen molar-refractivity contribution in [2.45, 2.75) is 52.6 Å². The lowest BCUT2D eigenvalue weighted by Crippen LogP contribution is -2.24. The average molecular weight is 431 g/mol. The van der Waals surface area contributed by atoms with Crippen LogP contribution in [0.4, 0.5) is 0 Å². The van der Waals surface area contributed by atoms with E-state index in [1.807, 2.05) is 18.3 Å². The molecule has 0 spiro atoms. The number of rotatable bonds is 7. The molecule has 168 valence electrons. The number of pyridine rings is 1. The molecule has 3 aromatic rings. The van der Waals surface area contributed by atoms with Gasteiger partial charge in [0.05, 0.1) is 26.0 Å². The molecular weight excluding hydrogens is 396 g/mol. The fourth-order valence-corrected chi connectivity index (χ4v) is 4.86. The molecule has 1 saturated heterocycles. The summed E-state index contributed by atoms with van der Waals surface area (Å²) in [5.41, 5.74) is 8.95. The number of benzene rings is 2. The van der Waals surface area contributed by atoms with E-state index in [1.165, 1.54) is 45.5 Å². The van der Waals surface area contributed by atoms with Gasteiger partial charge < -0.3 is 9.47 Å². The van der Waals surface area contributed by atoms with Gasteiger partial charge in [-0.05, 0) is 104 Å². The van der Waals surface area contributed by atoms with E-state index in [0.717, 1.165) is 37.4 Å². The van der Waals surface area contributed by atoms with Gasteiger partial charge in [-0.15, -0.1) is 0 Å². The van der Waals surface area contributed by atoms with Gasteiger partial charge >= 0.3 is 0 Å². The highest BCUT2D eigenvalue weighted by molar-refractivity contribution is 5.48. The lowest BCUT2D eigenvalue weighted by Gasteiger charge is -2.27. The third-order valence-electron chi connectivity index (χ3n) is 6.88. The number of methoxy groups -OCH3 is 2. The van der Waals surface area contributed by atoms with E-state index in [2.05, 4.69) is 56.0 Å². The van der Waals surface area contributed by atoms with Gasteiger partial charge in [0.25, 0.3) is 0 Å². The quantitative estimate of drug-likeness (QED) is 0.464. The van der Waals surface area contributed by atoms with Crippen molar-refractivity contribution in [1.29, 1.82) is 0 Å². The second-order valence-corrected chi connectivity index (χ2v) is 8.87. The first kappa shape index (κ1) is 22.3. The minimum atomic E-state index is 0.377. The van der Waals surface area contributed by atoms with Crippen molar-refractivity contribution < 1.29 is 9.47 Å². The Morgan fingerprint density at radius 3 is 2.53 bits per heavy atom. The second-order valence-electron chi connectivity index (χ2n) is 8.87. The molecule has 0 N–H and O–H groups in total. The highest BCUT2D eigenvalue weighted by atomic mass is 16.5. The predicted molar refractivity (Wildman–Crippen MR) is 130 cm³/mol. The maximum Gasteiger partial charge on any atom is 0.122 e. The van der Waals surface area contributed by atoms with Crippen LogP contribution >= 0.6 is 0 Å². The highest BCUT2D eigenvalue weighted by Crippen LogP contribution is 2.35. The number of nitrogens with zero attached hydrogens (tertiary/aromatic N) is 2. The maximum absolute atomic E-state index is 5.56. The lowest BCUT2D eigenvalue weighted by atomic mass is 9.96. The van der Waals surface area contributed by atoms with Gasteiger partial charge in [-0.25, -0.2) is 0 Å². The van der Waals surface area contributed by atoms with Crippen LogP contribution in [0, 0.1) is 20.8 Å². The maximum atomic E-state index is 5.56. The first-order chi connectivity index (χ1) is 15.5. The molecule has 1 fully saturated rings. The molecule has 0 saturated carbocycles. The number of likely N-dealkylation sites (tertiary alicyclic amines) is 1. The summed E-state index contributed by atoms with van der Waals surface area (Å²) >= 11 is 0. The number of hydrogen-bond acceptors (Lipinski definition) is 4. The molecule has 2 heterocycles. The van der Waals surface area contributed by atoms with Crippen LogP contribution in [0.1, 0.15) is 58.0 Å². The molecule has 4 nitrogen and oxygen atoms in total. The standard InChI is InChI=1S/C28H34N2O2/c1-19-14-28(32-5)21(3)20(2)25(19)18-30-13-7-10-27(30)26-12-11-23(17-29-26)15-22-8-6-9-24(16-22)31-4/h6,8-9,11-12,14,16-17,27H,7,10,13,15,18H2,1-5H3/t27-/m1/s1. The van der Waals surface area contributed by atoms with E-state index in [0.29, 0.717) is 6.04 Å². The Labute approximate surface area is 192 Å². The van der Waals surface area contributed by atoms with Crippen LogP contribution in [-0.4, -0.2) is 30.6 Å². The molecule has 0 radical (unpaired) electrons. The second kappa shape index (κ2) is 9.74. The summed E-state index contributed by atoms with van der Waals surface area (Å²) in [6.07, 6.45) is 5.28. The van der Waals surface area contributed by atoms with Crippen molar-refractivity contribution in [2.24, 2.45) is 0 Å². The Morgan fingerprint density at radius 1 is 0.969 bits per heavy atom. The minimum Gasteiger partial charge on any atom is -0.497 e. The minimum absolute atomic E-state index is 0.377. The Hall–Kier alpha value is -2.85. The van der Waals surface area contributed by atoms with Crippen LogP contribution in [-0.2, 0) is 13.0 Å². The molecule has 0 amide bonds. The summed E-state index contributed by atoms with van der Waals surface area (Å²) in [4.78, 5) is 7.48. The molecule has 32 heavy (non-hydrogen) atoms. The third kappa shape index (κ3) is 4.66. The van der Waals surface area contributed by atoms with Crippen LogP contribution in [0.2, 0.25) is 0 Å². The topological polar surface area (TPSA) is 34.6 Å². The van der Waals surface area contributed by atoms with Gasteiger partial charge in [0.1, 0.15) is 11.5 Å². The smallest absolute Gasteiger partial charge is 0.122 e. The van der Waals surface area contributed by atoms with Gasteiger partial charge in [0.15, 0.2) is 0 Å². The van der Waals surface area contributed by atoms with Crippen LogP contribution in [0.15, 0.2) is 48.7 Å². The van der Waals surface area contributed by atoms with E-state index in [4.69, 9.17) is 14.5 Å². The average Bonchev–Trinajstić information content (AvgIpc) is 3.28. The summed E-state index contributed by atoms with van der Waals surface area (Å²) in [6.45, 7) is 8.64. The molecule has 4 heteroatoms. The van der Waals surface area contributed by atoms with Gasteiger partial charge in [-0.3, -0.25) is 9.88 Å². The van der Waals surface area contributed by atoms with Gasteiger partial charge in [0.2, 0.25) is 0 Å². The van der Waals surface area contributed by atoms with Crippen LogP contribution < -0.4 is 9.47 Å². The van der Waals surface area contributed by atoms with Crippen molar-refractivity contribution >= 4 is 0 Å². The van der Waals surface area contributed by atoms with Crippen molar-refractivity contribution in [3.05, 3.63) is 87.7 Å². The van der Waals surface area contributed by atoms with Crippen molar-refractivity contribution in [1.82, 2.24) is 9.88 Å². The predicted octanol–water partition coefficient (Wildman–Crippen LogP) is 5.95. The Morgan fingerprint density at radius 2 is 1.81 bits per heavy atom. The summed E-state index contributed by atoms with van der Waals surface area (Å²) < 4.78 is 10.9. The van der Waals surface area contributed by atoms with Crippen LogP contribution in [0.5, 0.6) is 11.5 Å². The number of aromatic nitrogens is 1. The van der Waals surface area contributed by atoms with E-state index < -0.39 is 0 Å². The molecule has 1 aliphatic heterocycles. The zero-order chi connectivity index (χ0) is 22.7. The zero-order valence-corrected chi connectivity index (χ0v) is 19.9. The highest BCUT2D eigenvalue weighted by Gasteiger charge is 2.28. The van der Waals surface area contributed by atoms with Crippen LogP contribution in [0.3, 0.4) is 0 Å². The summed E-state index contributed by atoms with van der Waals surface area (Å²) in [5, 5.41) is 0. The molecule has 4 rings (SSSR count). The number of aryl methyl sites for hydroxylation is 1. The summed E-state index contributed by atoms with van der Waals surface area (Å²) in [5.74, 6) is 1.88. The molecule has 1 aromatic heterocycles. The Bertz CT molecular complexity index is 1080. The van der Waals surface area contributed by atoms with Gasteiger partial charge in [-0.2, -0.15) is 0 Å². The van der Waals surface area contributed by atoms with E-state index in [1.54, 1.807) is 14.2 Å². The first-order valence-electron chi connectivity index (χ1n) is 11.5. The molecule has 1 aliphatic rings. The van der Waals surface area contributed by atoms with E-state index in [9.17, 15) is 0 Å². The van der Waals surface area contributed by atoms with Gasteiger partial charge in [-0.1, -0.05) is 18.2 Å². The zero-order valence-electron chi connectivity index (χ0n) is 19.9. The number of hydrogen-bond donors (Lipinski definition) is 0. The fourth-order valence-electron chi connectivity index (χ4n) is 4.86. The van der Waals surface area contributed by atoms with Crippen molar-refractivity contribution in [3.8, 4) is 11.5 Å². The first-order valence-corrected chi connectivity index (χ1v) is 11.5. The number of ether oxygens (including phenoxy) is 2. The normalized spacial score (nSPS) is 16.3. The Kier molecular flexibility index (Phi) is 6.80. The molecule has 0 aliphatic carbocycles. The lowest BCUT2D eigenvalue weighted by molar-refractivity contribution is 0.243. The summed E-state index contributed by atoms with van der Waals surface area (Å²) in [6, 6.07) is 15.2. The summed E-state index contributed by atoms with van der Waals surface area (Å²) in [7, 11) is 3.46. The third-order valence-corrected chi connectivity index (χ3v) is 6.88. The van der Waals surface area contributed by atoms with Crippen LogP contribution in [0.25, 0.3) is 0 Å². The van der Waals surface area contributed by atoms with Gasteiger partial charge in [0, 0.05) is 12.7 Å².